The summed E-state index contributed by atoms with van der Waals surface area (Å²) >= 11 is 0. The molecule has 1 radical (unpaired) electrons. The number of rotatable bonds is 1. The third kappa shape index (κ3) is 1.29. The van der Waals surface area contributed by atoms with Crippen LogP contribution in [0.3, 0.4) is 0 Å². The second-order valence-electron chi connectivity index (χ2n) is 2.53. The minimum Gasteiger partial charge on any atom is -0.398 e. The number of nitrogens with two attached hydrogens (primary N) is 1. The smallest absolute Gasteiger partial charge is 0.0349 e. The number of anilines is 1. The van der Waals surface area contributed by atoms with E-state index in [1.54, 1.807) is 0 Å². The van der Waals surface area contributed by atoms with Gasteiger partial charge in [-0.05, 0) is 24.5 Å². The molecule has 0 aliphatic rings. The van der Waals surface area contributed by atoms with Crippen LogP contribution in [0.1, 0.15) is 18.4 Å². The molecule has 0 fully saturated rings. The molecular weight excluding hydrogens is 122 g/mol. The SMILES string of the molecule is [CH2][C@@H](C)c1ccccc1N. The highest BCUT2D eigenvalue weighted by molar-refractivity contribution is 5.48. The van der Waals surface area contributed by atoms with E-state index in [0.29, 0.717) is 0 Å². The van der Waals surface area contributed by atoms with Crippen LogP contribution < -0.4 is 5.73 Å². The molecule has 1 heteroatoms. The number of benzene rings is 1. The van der Waals surface area contributed by atoms with Gasteiger partial charge in [-0.15, -0.1) is 0 Å². The van der Waals surface area contributed by atoms with Crippen LogP contribution in [0.4, 0.5) is 5.69 Å². The van der Waals surface area contributed by atoms with Gasteiger partial charge in [0.05, 0.1) is 0 Å². The zero-order chi connectivity index (χ0) is 7.56. The predicted octanol–water partition coefficient (Wildman–Crippen LogP) is 2.21. The Kier molecular flexibility index (Phi) is 1.95. The maximum atomic E-state index is 5.68. The van der Waals surface area contributed by atoms with Crippen molar-refractivity contribution in [3.8, 4) is 0 Å². The molecule has 2 N–H and O–H groups in total. The number of hydrogen-bond donors (Lipinski definition) is 1. The van der Waals surface area contributed by atoms with Gasteiger partial charge in [0.25, 0.3) is 0 Å². The Morgan fingerprint density at radius 1 is 1.40 bits per heavy atom. The minimum atomic E-state index is 0.279. The average molecular weight is 134 g/mol. The van der Waals surface area contributed by atoms with Gasteiger partial charge in [0.2, 0.25) is 0 Å². The number of hydrogen-bond acceptors (Lipinski definition) is 1. The van der Waals surface area contributed by atoms with Crippen molar-refractivity contribution in [1.82, 2.24) is 0 Å². The van der Waals surface area contributed by atoms with E-state index in [2.05, 4.69) is 6.92 Å². The fraction of sp³-hybridized carbons (Fsp3) is 0.222. The Morgan fingerprint density at radius 2 is 2.00 bits per heavy atom. The standard InChI is InChI=1S/C9H12N/c1-7(2)8-5-3-4-6-9(8)10/h3-7H,1,10H2,2H3/t7-/m0/s1. The summed E-state index contributed by atoms with van der Waals surface area (Å²) in [7, 11) is 0. The van der Waals surface area contributed by atoms with Crippen LogP contribution >= 0.6 is 0 Å². The van der Waals surface area contributed by atoms with Crippen molar-refractivity contribution in [2.45, 2.75) is 12.8 Å². The van der Waals surface area contributed by atoms with Gasteiger partial charge in [-0.3, -0.25) is 0 Å². The molecule has 1 nitrogen and oxygen atoms in total. The lowest BCUT2D eigenvalue weighted by Gasteiger charge is -2.06. The van der Waals surface area contributed by atoms with E-state index in [1.807, 2.05) is 31.2 Å². The predicted molar refractivity (Wildman–Crippen MR) is 44.6 cm³/mol. The molecule has 1 rings (SSSR count). The summed E-state index contributed by atoms with van der Waals surface area (Å²) in [6.45, 7) is 5.92. The van der Waals surface area contributed by atoms with Gasteiger partial charge in [-0.1, -0.05) is 25.1 Å². The van der Waals surface area contributed by atoms with Crippen LogP contribution in [0.2, 0.25) is 0 Å². The topological polar surface area (TPSA) is 26.0 Å². The molecule has 1 aromatic carbocycles. The third-order valence-corrected chi connectivity index (χ3v) is 1.53. The van der Waals surface area contributed by atoms with Crippen molar-refractivity contribution in [2.24, 2.45) is 0 Å². The minimum absolute atomic E-state index is 0.279. The molecule has 0 saturated carbocycles. The normalized spacial score (nSPS) is 10.3. The molecule has 0 aromatic heterocycles. The van der Waals surface area contributed by atoms with Gasteiger partial charge < -0.3 is 5.73 Å². The first-order valence-electron chi connectivity index (χ1n) is 3.39. The van der Waals surface area contributed by atoms with Crippen LogP contribution in [0.15, 0.2) is 24.3 Å². The number of nitrogen functional groups attached to an aromatic ring is 1. The van der Waals surface area contributed by atoms with Crippen LogP contribution in [0.5, 0.6) is 0 Å². The monoisotopic (exact) mass is 134 g/mol. The van der Waals surface area contributed by atoms with E-state index < -0.39 is 0 Å². The fourth-order valence-corrected chi connectivity index (χ4v) is 0.960. The first kappa shape index (κ1) is 7.13. The van der Waals surface area contributed by atoms with E-state index in [1.165, 1.54) is 0 Å². The van der Waals surface area contributed by atoms with Gasteiger partial charge in [0.1, 0.15) is 0 Å². The molecule has 1 atom stereocenters. The van der Waals surface area contributed by atoms with E-state index in [-0.39, 0.29) is 5.92 Å². The second-order valence-corrected chi connectivity index (χ2v) is 2.53. The highest BCUT2D eigenvalue weighted by atomic mass is 14.6. The van der Waals surface area contributed by atoms with Crippen molar-refractivity contribution in [2.75, 3.05) is 5.73 Å². The van der Waals surface area contributed by atoms with Crippen LogP contribution in [-0.2, 0) is 0 Å². The van der Waals surface area contributed by atoms with Crippen molar-refractivity contribution in [3.63, 3.8) is 0 Å². The molecule has 0 aliphatic carbocycles. The number of para-hydroxylation sites is 1. The largest absolute Gasteiger partial charge is 0.398 e. The van der Waals surface area contributed by atoms with Crippen molar-refractivity contribution in [1.29, 1.82) is 0 Å². The molecule has 0 aliphatic heterocycles. The van der Waals surface area contributed by atoms with E-state index in [4.69, 9.17) is 5.73 Å². The van der Waals surface area contributed by atoms with E-state index in [0.717, 1.165) is 11.3 Å². The molecule has 0 amide bonds. The van der Waals surface area contributed by atoms with Crippen LogP contribution in [0, 0.1) is 6.92 Å². The first-order valence-corrected chi connectivity index (χ1v) is 3.39. The summed E-state index contributed by atoms with van der Waals surface area (Å²) in [5.74, 6) is 0.279. The molecule has 0 bridgehead atoms. The Hall–Kier alpha value is -0.980. The molecule has 0 saturated heterocycles. The van der Waals surface area contributed by atoms with E-state index in [9.17, 15) is 0 Å². The Morgan fingerprint density at radius 3 is 2.40 bits per heavy atom. The van der Waals surface area contributed by atoms with Gasteiger partial charge in [-0.25, -0.2) is 0 Å². The van der Waals surface area contributed by atoms with Crippen molar-refractivity contribution < 1.29 is 0 Å². The van der Waals surface area contributed by atoms with Crippen LogP contribution in [-0.4, -0.2) is 0 Å². The van der Waals surface area contributed by atoms with Gasteiger partial charge in [0.15, 0.2) is 0 Å². The lowest BCUT2D eigenvalue weighted by Crippen LogP contribution is -1.94. The summed E-state index contributed by atoms with van der Waals surface area (Å²) in [6.07, 6.45) is 0. The molecule has 10 heavy (non-hydrogen) atoms. The highest BCUT2D eigenvalue weighted by Gasteiger charge is 2.00. The summed E-state index contributed by atoms with van der Waals surface area (Å²) in [6, 6.07) is 7.82. The molecule has 53 valence electrons. The molecule has 0 heterocycles. The Labute approximate surface area is 61.9 Å². The molecule has 0 unspecified atom stereocenters. The van der Waals surface area contributed by atoms with Crippen molar-refractivity contribution >= 4 is 5.69 Å². The zero-order valence-corrected chi connectivity index (χ0v) is 6.17. The maximum Gasteiger partial charge on any atom is 0.0349 e. The quantitative estimate of drug-likeness (QED) is 0.585. The van der Waals surface area contributed by atoms with Crippen molar-refractivity contribution in [3.05, 3.63) is 36.8 Å². The molecule has 1 aromatic rings. The zero-order valence-electron chi connectivity index (χ0n) is 6.17. The summed E-state index contributed by atoms with van der Waals surface area (Å²) in [4.78, 5) is 0. The molecule has 0 spiro atoms. The maximum absolute atomic E-state index is 5.68. The third-order valence-electron chi connectivity index (χ3n) is 1.53. The summed E-state index contributed by atoms with van der Waals surface area (Å²) < 4.78 is 0. The first-order chi connectivity index (χ1) is 4.72. The van der Waals surface area contributed by atoms with E-state index >= 15 is 0 Å². The Bertz CT molecular complexity index is 216. The highest BCUT2D eigenvalue weighted by Crippen LogP contribution is 2.19. The van der Waals surface area contributed by atoms with Gasteiger partial charge in [-0.2, -0.15) is 0 Å². The lowest BCUT2D eigenvalue weighted by molar-refractivity contribution is 0.968. The van der Waals surface area contributed by atoms with Gasteiger partial charge in [0, 0.05) is 5.69 Å². The van der Waals surface area contributed by atoms with Crippen LogP contribution in [0.25, 0.3) is 0 Å². The Balaban J connectivity index is 3.03. The second kappa shape index (κ2) is 2.74. The summed E-state index contributed by atoms with van der Waals surface area (Å²) in [5, 5.41) is 0. The lowest BCUT2D eigenvalue weighted by atomic mass is 10.0. The average Bonchev–Trinajstić information content (AvgIpc) is 1.88. The fourth-order valence-electron chi connectivity index (χ4n) is 0.960. The summed E-state index contributed by atoms with van der Waals surface area (Å²) in [5.41, 5.74) is 7.65. The molecular formula is C9H12N. The van der Waals surface area contributed by atoms with Gasteiger partial charge >= 0.3 is 0 Å².